The number of carbonyl (C=O) groups excluding carboxylic acids is 1. The van der Waals surface area contributed by atoms with Gasteiger partial charge in [0.25, 0.3) is 0 Å². The molecule has 3 heteroatoms. The third kappa shape index (κ3) is 2.90. The summed E-state index contributed by atoms with van der Waals surface area (Å²) in [5.74, 6) is 0.377. The van der Waals surface area contributed by atoms with Crippen LogP contribution in [-0.2, 0) is 9.53 Å². The van der Waals surface area contributed by atoms with E-state index in [1.54, 1.807) is 6.08 Å². The summed E-state index contributed by atoms with van der Waals surface area (Å²) in [5, 5.41) is 0. The summed E-state index contributed by atoms with van der Waals surface area (Å²) in [5.41, 5.74) is 1.10. The van der Waals surface area contributed by atoms with Crippen molar-refractivity contribution in [1.82, 2.24) is 0 Å². The van der Waals surface area contributed by atoms with E-state index in [2.05, 4.69) is 12.1 Å². The number of benzene rings is 2. The molecule has 0 saturated carbocycles. The first-order chi connectivity index (χ1) is 9.83. The molecule has 2 aromatic carbocycles. The van der Waals surface area contributed by atoms with E-state index in [1.807, 2.05) is 48.5 Å². The molecule has 0 spiro atoms. The number of carbonyl (C=O) groups is 1. The van der Waals surface area contributed by atoms with Crippen LogP contribution in [0.15, 0.2) is 78.6 Å². The van der Waals surface area contributed by atoms with Gasteiger partial charge in [0.15, 0.2) is 0 Å². The summed E-state index contributed by atoms with van der Waals surface area (Å²) in [7, 11) is 0. The molecule has 0 fully saturated rings. The van der Waals surface area contributed by atoms with Crippen LogP contribution in [0.2, 0.25) is 0 Å². The normalized spacial score (nSPS) is 16.1. The molecule has 98 valence electrons. The van der Waals surface area contributed by atoms with Crippen LogP contribution in [0, 0.1) is 0 Å². The van der Waals surface area contributed by atoms with Crippen molar-refractivity contribution in [1.29, 1.82) is 0 Å². The van der Waals surface area contributed by atoms with Gasteiger partial charge in [-0.05, 0) is 0 Å². The molecule has 0 aromatic heterocycles. The van der Waals surface area contributed by atoms with Gasteiger partial charge in [-0.3, -0.25) is 0 Å². The molecule has 1 aliphatic heterocycles. The number of rotatable bonds is 3. The third-order valence-corrected chi connectivity index (χ3v) is 5.21. The predicted octanol–water partition coefficient (Wildman–Crippen LogP) is 2.50. The molecule has 0 amide bonds. The summed E-state index contributed by atoms with van der Waals surface area (Å²) in [6.07, 6.45) is 3.23. The Morgan fingerprint density at radius 1 is 0.850 bits per heavy atom. The van der Waals surface area contributed by atoms with Crippen LogP contribution in [0.5, 0.6) is 0 Å². The molecule has 1 aliphatic rings. The molecule has 0 atom stereocenters. The molecule has 0 unspecified atom stereocenters. The zero-order valence-corrected chi connectivity index (χ0v) is 12.4. The Bertz CT molecular complexity index is 673. The zero-order chi connectivity index (χ0) is 13.8. The third-order valence-electron chi connectivity index (χ3n) is 2.80. The van der Waals surface area contributed by atoms with Crippen LogP contribution in [0.25, 0.3) is 4.47 Å². The van der Waals surface area contributed by atoms with E-state index >= 15 is 0 Å². The Labute approximate surface area is 123 Å². The standard InChI is InChI=1S/C17H12O2Se/c18-16-12-11-15(19-16)17(13-7-3-1-4-8-13)20-14-9-5-2-6-10-14/h1-12H/b17-15+. The number of hydrogen-bond acceptors (Lipinski definition) is 2. The molecule has 0 bridgehead atoms. The van der Waals surface area contributed by atoms with E-state index in [0.29, 0.717) is 5.76 Å². The number of esters is 1. The first kappa shape index (κ1) is 12.9. The van der Waals surface area contributed by atoms with Gasteiger partial charge in [0.05, 0.1) is 0 Å². The monoisotopic (exact) mass is 328 g/mol. The summed E-state index contributed by atoms with van der Waals surface area (Å²) in [4.78, 5) is 11.3. The second-order valence-electron chi connectivity index (χ2n) is 4.23. The van der Waals surface area contributed by atoms with Crippen LogP contribution in [0.4, 0.5) is 0 Å². The van der Waals surface area contributed by atoms with Crippen molar-refractivity contribution >= 4 is 29.9 Å². The van der Waals surface area contributed by atoms with Gasteiger partial charge < -0.3 is 0 Å². The molecule has 0 saturated heterocycles. The Morgan fingerprint density at radius 3 is 2.10 bits per heavy atom. The first-order valence-electron chi connectivity index (χ1n) is 6.25. The number of ether oxygens (including phenoxy) is 1. The molecular formula is C17H12O2Se. The fourth-order valence-corrected chi connectivity index (χ4v) is 3.97. The maximum absolute atomic E-state index is 11.3. The topological polar surface area (TPSA) is 26.3 Å². The maximum atomic E-state index is 11.3. The number of hydrogen-bond donors (Lipinski definition) is 0. The van der Waals surface area contributed by atoms with E-state index in [4.69, 9.17) is 4.74 Å². The SMILES string of the molecule is O=C1C=C/C(=C(\[Se]c2ccccc2)c2ccccc2)O1. The second-order valence-corrected chi connectivity index (χ2v) is 6.50. The molecule has 0 aliphatic carbocycles. The Hall–Kier alpha value is -2.09. The van der Waals surface area contributed by atoms with Gasteiger partial charge in [0.2, 0.25) is 0 Å². The minimum atomic E-state index is -0.294. The van der Waals surface area contributed by atoms with Crippen molar-refractivity contribution in [2.75, 3.05) is 0 Å². The van der Waals surface area contributed by atoms with Crippen LogP contribution < -0.4 is 4.46 Å². The van der Waals surface area contributed by atoms with Gasteiger partial charge in [-0.25, -0.2) is 0 Å². The Morgan fingerprint density at radius 2 is 1.50 bits per heavy atom. The zero-order valence-electron chi connectivity index (χ0n) is 10.7. The van der Waals surface area contributed by atoms with Crippen LogP contribution in [-0.4, -0.2) is 20.9 Å². The van der Waals surface area contributed by atoms with Gasteiger partial charge in [-0.15, -0.1) is 0 Å². The van der Waals surface area contributed by atoms with Crippen molar-refractivity contribution in [3.05, 3.63) is 84.1 Å². The van der Waals surface area contributed by atoms with Crippen molar-refractivity contribution in [3.8, 4) is 0 Å². The fraction of sp³-hybridized carbons (Fsp3) is 0. The first-order valence-corrected chi connectivity index (χ1v) is 7.97. The van der Waals surface area contributed by atoms with Crippen LogP contribution in [0.3, 0.4) is 0 Å². The van der Waals surface area contributed by atoms with E-state index < -0.39 is 0 Å². The van der Waals surface area contributed by atoms with E-state index in [9.17, 15) is 4.79 Å². The summed E-state index contributed by atoms with van der Waals surface area (Å²) in [6.45, 7) is 0. The number of cyclic esters (lactones) is 1. The van der Waals surface area contributed by atoms with Crippen molar-refractivity contribution in [3.63, 3.8) is 0 Å². The average Bonchev–Trinajstić information content (AvgIpc) is 2.93. The van der Waals surface area contributed by atoms with Crippen molar-refractivity contribution in [2.45, 2.75) is 0 Å². The van der Waals surface area contributed by atoms with Gasteiger partial charge in [-0.2, -0.15) is 0 Å². The predicted molar refractivity (Wildman–Crippen MR) is 80.4 cm³/mol. The quantitative estimate of drug-likeness (QED) is 0.640. The molecule has 3 rings (SSSR count). The van der Waals surface area contributed by atoms with E-state index in [1.165, 1.54) is 10.5 Å². The van der Waals surface area contributed by atoms with Gasteiger partial charge in [-0.1, -0.05) is 0 Å². The Balaban J connectivity index is 2.01. The van der Waals surface area contributed by atoms with Crippen LogP contribution in [0.1, 0.15) is 5.56 Å². The van der Waals surface area contributed by atoms with Crippen LogP contribution >= 0.6 is 0 Å². The molecule has 2 nitrogen and oxygen atoms in total. The van der Waals surface area contributed by atoms with Crippen molar-refractivity contribution in [2.24, 2.45) is 0 Å². The van der Waals surface area contributed by atoms with E-state index in [-0.39, 0.29) is 20.9 Å². The van der Waals surface area contributed by atoms with Gasteiger partial charge >= 0.3 is 124 Å². The van der Waals surface area contributed by atoms with Crippen molar-refractivity contribution < 1.29 is 9.53 Å². The molecule has 1 heterocycles. The fourth-order valence-electron chi connectivity index (χ4n) is 1.89. The second kappa shape index (κ2) is 5.91. The molecule has 20 heavy (non-hydrogen) atoms. The minimum absolute atomic E-state index is 0.0902. The van der Waals surface area contributed by atoms with Gasteiger partial charge in [0, 0.05) is 0 Å². The summed E-state index contributed by atoms with van der Waals surface area (Å²) < 4.78 is 7.64. The molecule has 0 radical (unpaired) electrons. The molecular weight excluding hydrogens is 315 g/mol. The molecule has 0 N–H and O–H groups in total. The summed E-state index contributed by atoms with van der Waals surface area (Å²) >= 11 is 0.0902. The summed E-state index contributed by atoms with van der Waals surface area (Å²) in [6, 6.07) is 20.3. The Kier molecular flexibility index (Phi) is 3.82. The molecule has 2 aromatic rings. The van der Waals surface area contributed by atoms with E-state index in [0.717, 1.165) is 10.0 Å². The van der Waals surface area contributed by atoms with Gasteiger partial charge in [0.1, 0.15) is 0 Å². The number of allylic oxidation sites excluding steroid dienone is 1. The average molecular weight is 327 g/mol.